The van der Waals surface area contributed by atoms with E-state index in [-0.39, 0.29) is 17.7 Å². The van der Waals surface area contributed by atoms with E-state index >= 15 is 0 Å². The number of anilines is 4. The summed E-state index contributed by atoms with van der Waals surface area (Å²) in [6, 6.07) is 5.84. The standard InChI is InChI=1S/C19H22FN7O3S/c1-27(31(2,29)30)16-5-3-4-14(20)12(16)9-24-15-8-17(25-10-13(15)19(21)28)26-18-11-22-6-7-23-18/h3-8,10-11,29-30H,9H2,1-2H3,(H2,21,28)(H2,23,24,25,26). The Bertz CT molecular complexity index is 1080. The maximum Gasteiger partial charge on any atom is 0.252 e. The highest BCUT2D eigenvalue weighted by molar-refractivity contribution is 8.24. The van der Waals surface area contributed by atoms with E-state index in [4.69, 9.17) is 5.73 Å². The molecule has 3 rings (SSSR count). The molecule has 0 aliphatic carbocycles. The fraction of sp³-hybridized carbons (Fsp3) is 0.158. The van der Waals surface area contributed by atoms with Crippen LogP contribution in [-0.2, 0) is 6.54 Å². The van der Waals surface area contributed by atoms with Gasteiger partial charge >= 0.3 is 0 Å². The summed E-state index contributed by atoms with van der Waals surface area (Å²) in [5, 5.41) is 5.93. The molecule has 0 aliphatic heterocycles. The summed E-state index contributed by atoms with van der Waals surface area (Å²) in [5.41, 5.74) is 6.34. The molecule has 12 heteroatoms. The summed E-state index contributed by atoms with van der Waals surface area (Å²) in [6.07, 6.45) is 7.07. The van der Waals surface area contributed by atoms with Gasteiger partial charge < -0.3 is 16.4 Å². The second kappa shape index (κ2) is 9.12. The maximum atomic E-state index is 14.6. The molecule has 2 heterocycles. The van der Waals surface area contributed by atoms with Crippen LogP contribution in [0.15, 0.2) is 49.1 Å². The molecule has 1 amide bonds. The van der Waals surface area contributed by atoms with E-state index < -0.39 is 22.5 Å². The second-order valence-corrected chi connectivity index (χ2v) is 8.71. The van der Waals surface area contributed by atoms with Gasteiger partial charge in [0, 0.05) is 50.1 Å². The van der Waals surface area contributed by atoms with E-state index in [9.17, 15) is 18.3 Å². The fourth-order valence-corrected chi connectivity index (χ4v) is 3.29. The lowest BCUT2D eigenvalue weighted by Crippen LogP contribution is -2.24. The van der Waals surface area contributed by atoms with Gasteiger partial charge in [-0.15, -0.1) is 10.8 Å². The Morgan fingerprint density at radius 1 is 1.23 bits per heavy atom. The first-order valence-electron chi connectivity index (χ1n) is 8.98. The molecule has 0 saturated heterocycles. The van der Waals surface area contributed by atoms with Crippen molar-refractivity contribution in [3.05, 3.63) is 66.0 Å². The van der Waals surface area contributed by atoms with Gasteiger partial charge in [-0.25, -0.2) is 14.4 Å². The van der Waals surface area contributed by atoms with Crippen molar-refractivity contribution in [2.24, 2.45) is 5.73 Å². The zero-order valence-corrected chi connectivity index (χ0v) is 17.6. The number of rotatable bonds is 8. The van der Waals surface area contributed by atoms with Gasteiger partial charge in [0.2, 0.25) is 0 Å². The third-order valence-corrected chi connectivity index (χ3v) is 5.63. The first kappa shape index (κ1) is 22.2. The Balaban J connectivity index is 1.90. The molecule has 0 unspecified atom stereocenters. The molecular formula is C19H22FN7O3S. The van der Waals surface area contributed by atoms with Crippen LogP contribution < -0.4 is 20.7 Å². The Morgan fingerprint density at radius 3 is 2.65 bits per heavy atom. The fourth-order valence-electron chi connectivity index (χ4n) is 2.75. The first-order valence-corrected chi connectivity index (χ1v) is 10.9. The van der Waals surface area contributed by atoms with Gasteiger partial charge in [-0.05, 0) is 12.1 Å². The summed E-state index contributed by atoms with van der Waals surface area (Å²) in [5.74, 6) is -0.455. The Hall–Kier alpha value is -3.48. The van der Waals surface area contributed by atoms with E-state index in [0.717, 1.165) is 0 Å². The number of primary amides is 1. The van der Waals surface area contributed by atoms with E-state index in [1.807, 2.05) is 0 Å². The summed E-state index contributed by atoms with van der Waals surface area (Å²) in [6.45, 7) is -0.0588. The zero-order chi connectivity index (χ0) is 22.6. The van der Waals surface area contributed by atoms with Crippen LogP contribution in [0.3, 0.4) is 0 Å². The third-order valence-electron chi connectivity index (χ3n) is 4.40. The Morgan fingerprint density at radius 2 is 2.00 bits per heavy atom. The van der Waals surface area contributed by atoms with Gasteiger partial charge in [0.15, 0.2) is 0 Å². The van der Waals surface area contributed by atoms with E-state index in [2.05, 4.69) is 25.6 Å². The van der Waals surface area contributed by atoms with Gasteiger partial charge in [0.25, 0.3) is 5.91 Å². The molecule has 0 radical (unpaired) electrons. The smallest absolute Gasteiger partial charge is 0.252 e. The molecule has 0 saturated carbocycles. The predicted octanol–water partition coefficient (Wildman–Crippen LogP) is 3.20. The number of carbonyl (C=O) groups excluding carboxylic acids is 1. The number of pyridine rings is 1. The monoisotopic (exact) mass is 447 g/mol. The lowest BCUT2D eigenvalue weighted by Gasteiger charge is -2.39. The molecule has 6 N–H and O–H groups in total. The van der Waals surface area contributed by atoms with E-state index in [1.54, 1.807) is 6.07 Å². The minimum absolute atomic E-state index is 0.0588. The quantitative estimate of drug-likeness (QED) is 0.351. The SMILES string of the molecule is CN(c1cccc(F)c1CNc1cc(Nc2cnccn2)ncc1C(N)=O)S(C)(O)O. The molecule has 3 aromatic rings. The number of hydrogen-bond donors (Lipinski definition) is 5. The van der Waals surface area contributed by atoms with Crippen molar-refractivity contribution in [3.63, 3.8) is 0 Å². The number of amides is 1. The van der Waals surface area contributed by atoms with Crippen molar-refractivity contribution >= 4 is 39.7 Å². The van der Waals surface area contributed by atoms with Gasteiger partial charge in [0.05, 0.1) is 23.1 Å². The molecule has 1 aromatic carbocycles. The largest absolute Gasteiger partial charge is 0.380 e. The molecule has 164 valence electrons. The number of benzene rings is 1. The molecule has 0 fully saturated rings. The molecule has 0 bridgehead atoms. The van der Waals surface area contributed by atoms with Crippen LogP contribution >= 0.6 is 10.8 Å². The number of nitrogens with zero attached hydrogens (tertiary/aromatic N) is 4. The number of aromatic nitrogens is 3. The average molecular weight is 447 g/mol. The summed E-state index contributed by atoms with van der Waals surface area (Å²) < 4.78 is 35.7. The van der Waals surface area contributed by atoms with Crippen LogP contribution in [0.25, 0.3) is 0 Å². The van der Waals surface area contributed by atoms with Crippen LogP contribution in [0, 0.1) is 5.82 Å². The normalized spacial score (nSPS) is 11.6. The lowest BCUT2D eigenvalue weighted by molar-refractivity contribution is 0.100. The number of hydrogen-bond acceptors (Lipinski definition) is 9. The number of carbonyl (C=O) groups is 1. The predicted molar refractivity (Wildman–Crippen MR) is 119 cm³/mol. The molecule has 0 spiro atoms. The first-order chi connectivity index (χ1) is 14.7. The van der Waals surface area contributed by atoms with Gasteiger partial charge in [-0.3, -0.25) is 23.2 Å². The van der Waals surface area contributed by atoms with Gasteiger partial charge in [0.1, 0.15) is 17.5 Å². The highest BCUT2D eigenvalue weighted by Gasteiger charge is 2.20. The maximum absolute atomic E-state index is 14.6. The molecular weight excluding hydrogens is 425 g/mol. The van der Waals surface area contributed by atoms with Crippen LogP contribution in [0.2, 0.25) is 0 Å². The molecule has 0 aliphatic rings. The molecule has 2 aromatic heterocycles. The molecule has 31 heavy (non-hydrogen) atoms. The lowest BCUT2D eigenvalue weighted by atomic mass is 10.1. The third kappa shape index (κ3) is 5.36. The number of halogens is 1. The molecule has 10 nitrogen and oxygen atoms in total. The Labute approximate surface area is 179 Å². The summed E-state index contributed by atoms with van der Waals surface area (Å²) >= 11 is 0. The van der Waals surface area contributed by atoms with Gasteiger partial charge in [-0.1, -0.05) is 6.07 Å². The highest BCUT2D eigenvalue weighted by Crippen LogP contribution is 2.42. The topological polar surface area (TPSA) is 150 Å². The van der Waals surface area contributed by atoms with Crippen molar-refractivity contribution in [3.8, 4) is 0 Å². The highest BCUT2D eigenvalue weighted by atomic mass is 32.3. The van der Waals surface area contributed by atoms with Crippen LogP contribution in [0.1, 0.15) is 15.9 Å². The van der Waals surface area contributed by atoms with E-state index in [0.29, 0.717) is 23.0 Å². The minimum Gasteiger partial charge on any atom is -0.380 e. The van der Waals surface area contributed by atoms with Crippen LogP contribution in [0.5, 0.6) is 0 Å². The zero-order valence-electron chi connectivity index (χ0n) is 16.8. The van der Waals surface area contributed by atoms with Crippen molar-refractivity contribution in [2.45, 2.75) is 6.54 Å². The molecule has 0 atom stereocenters. The van der Waals surface area contributed by atoms with Crippen LogP contribution in [0.4, 0.5) is 27.4 Å². The van der Waals surface area contributed by atoms with Crippen LogP contribution in [-0.4, -0.2) is 43.3 Å². The van der Waals surface area contributed by atoms with Gasteiger partial charge in [-0.2, -0.15) is 0 Å². The Kier molecular flexibility index (Phi) is 6.53. The average Bonchev–Trinajstić information content (AvgIpc) is 2.72. The van der Waals surface area contributed by atoms with Crippen molar-refractivity contribution < 1.29 is 18.3 Å². The van der Waals surface area contributed by atoms with E-state index in [1.165, 1.54) is 60.6 Å². The summed E-state index contributed by atoms with van der Waals surface area (Å²) in [7, 11) is -1.65. The number of nitrogens with two attached hydrogens (primary N) is 1. The minimum atomic E-state index is -3.11. The van der Waals surface area contributed by atoms with Crippen molar-refractivity contribution in [2.75, 3.05) is 28.2 Å². The number of nitrogens with one attached hydrogen (secondary N) is 2. The summed E-state index contributed by atoms with van der Waals surface area (Å²) in [4.78, 5) is 24.0. The van der Waals surface area contributed by atoms with Crippen molar-refractivity contribution in [1.29, 1.82) is 0 Å². The second-order valence-electron chi connectivity index (χ2n) is 6.58. The van der Waals surface area contributed by atoms with Crippen molar-refractivity contribution in [1.82, 2.24) is 15.0 Å².